The lowest BCUT2D eigenvalue weighted by Crippen LogP contribution is -2.34. The van der Waals surface area contributed by atoms with Crippen molar-refractivity contribution in [3.63, 3.8) is 0 Å². The van der Waals surface area contributed by atoms with Crippen molar-refractivity contribution >= 4 is 16.8 Å². The van der Waals surface area contributed by atoms with Crippen LogP contribution in [-0.2, 0) is 15.6 Å². The van der Waals surface area contributed by atoms with E-state index in [1.165, 1.54) is 0 Å². The number of halogens is 1. The minimum atomic E-state index is -0.756. The van der Waals surface area contributed by atoms with Crippen LogP contribution in [0.15, 0.2) is 18.2 Å². The number of hydrogen-bond donors (Lipinski definition) is 1. The number of carbonyl (C=O) groups is 1. The first-order valence-electron chi connectivity index (χ1n) is 7.31. The van der Waals surface area contributed by atoms with E-state index in [9.17, 15) is 9.90 Å². The van der Waals surface area contributed by atoms with Crippen molar-refractivity contribution in [1.82, 2.24) is 0 Å². The molecule has 1 aromatic carbocycles. The molecule has 1 aromatic rings. The fourth-order valence-electron chi connectivity index (χ4n) is 2.83. The van der Waals surface area contributed by atoms with Crippen molar-refractivity contribution in [3.8, 4) is 5.75 Å². The average molecular weight is 311 g/mol. The largest absolute Gasteiger partial charge is 0.508 e. The van der Waals surface area contributed by atoms with E-state index < -0.39 is 5.41 Å². The zero-order valence-electron chi connectivity index (χ0n) is 14.2. The molecular formula is C18H27ClO2. The second-order valence-electron chi connectivity index (χ2n) is 8.33. The lowest BCUT2D eigenvalue weighted by molar-refractivity contribution is -0.117. The highest BCUT2D eigenvalue weighted by Crippen LogP contribution is 2.41. The average Bonchev–Trinajstić information content (AvgIpc) is 2.25. The molecule has 0 radical (unpaired) electrons. The second-order valence-corrected chi connectivity index (χ2v) is 8.67. The molecule has 0 aliphatic rings. The van der Waals surface area contributed by atoms with Crippen LogP contribution in [-0.4, -0.2) is 10.3 Å². The minimum Gasteiger partial charge on any atom is -0.508 e. The molecule has 1 rings (SSSR count). The molecule has 0 aromatic heterocycles. The summed E-state index contributed by atoms with van der Waals surface area (Å²) in [4.78, 5) is 12.1. The molecule has 0 heterocycles. The van der Waals surface area contributed by atoms with Crippen LogP contribution in [0.5, 0.6) is 5.75 Å². The van der Waals surface area contributed by atoms with Crippen LogP contribution in [0.2, 0.25) is 0 Å². The Morgan fingerprint density at radius 3 is 2.00 bits per heavy atom. The number of carbonyl (C=O) groups excluding carboxylic acids is 1. The Hall–Kier alpha value is -1.02. The van der Waals surface area contributed by atoms with Gasteiger partial charge in [-0.1, -0.05) is 53.7 Å². The number of aromatic hydroxyl groups is 1. The number of benzene rings is 1. The summed E-state index contributed by atoms with van der Waals surface area (Å²) in [6.45, 7) is 14.3. The van der Waals surface area contributed by atoms with Gasteiger partial charge in [0, 0.05) is 0 Å². The molecule has 1 N–H and O–H groups in total. The predicted molar refractivity (Wildman–Crippen MR) is 89.1 cm³/mol. The van der Waals surface area contributed by atoms with Gasteiger partial charge in [-0.25, -0.2) is 0 Å². The van der Waals surface area contributed by atoms with Crippen molar-refractivity contribution < 1.29 is 9.90 Å². The van der Waals surface area contributed by atoms with E-state index in [1.807, 2.05) is 33.8 Å². The molecule has 21 heavy (non-hydrogen) atoms. The van der Waals surface area contributed by atoms with Gasteiger partial charge in [-0.2, -0.15) is 0 Å². The maximum absolute atomic E-state index is 12.1. The molecule has 0 saturated heterocycles. The summed E-state index contributed by atoms with van der Waals surface area (Å²) in [5, 5.41) is 9.73. The van der Waals surface area contributed by atoms with Gasteiger partial charge in [-0.3, -0.25) is 4.79 Å². The third kappa shape index (κ3) is 4.23. The molecule has 0 fully saturated rings. The molecule has 0 aliphatic heterocycles. The lowest BCUT2D eigenvalue weighted by atomic mass is 9.70. The highest BCUT2D eigenvalue weighted by atomic mass is 35.5. The highest BCUT2D eigenvalue weighted by molar-refractivity contribution is 6.65. The number of phenolic OH excluding ortho intramolecular Hbond substituents is 1. The molecule has 0 spiro atoms. The normalized spacial score (nSPS) is 15.6. The van der Waals surface area contributed by atoms with Crippen LogP contribution in [0.25, 0.3) is 0 Å². The van der Waals surface area contributed by atoms with Crippen molar-refractivity contribution in [2.24, 2.45) is 5.41 Å². The summed E-state index contributed by atoms with van der Waals surface area (Å²) in [6, 6.07) is 5.38. The summed E-state index contributed by atoms with van der Waals surface area (Å²) >= 11 is 5.93. The Morgan fingerprint density at radius 2 is 1.62 bits per heavy atom. The summed E-state index contributed by atoms with van der Waals surface area (Å²) in [5.74, 6) is 0.256. The Balaban J connectivity index is 3.44. The molecule has 0 aliphatic carbocycles. The molecular weight excluding hydrogens is 284 g/mol. The Kier molecular flexibility index (Phi) is 4.84. The maximum Gasteiger partial charge on any atom is 0.231 e. The molecule has 118 valence electrons. The van der Waals surface area contributed by atoms with E-state index in [-0.39, 0.29) is 21.8 Å². The number of rotatable bonds is 3. The molecule has 1 unspecified atom stereocenters. The van der Waals surface area contributed by atoms with Gasteiger partial charge in [0.1, 0.15) is 5.75 Å². The third-order valence-electron chi connectivity index (χ3n) is 3.76. The first-order valence-corrected chi connectivity index (χ1v) is 7.69. The van der Waals surface area contributed by atoms with E-state index in [0.717, 1.165) is 11.1 Å². The summed E-state index contributed by atoms with van der Waals surface area (Å²) in [5.41, 5.74) is 0.711. The quantitative estimate of drug-likeness (QED) is 0.784. The number of hydrogen-bond acceptors (Lipinski definition) is 2. The van der Waals surface area contributed by atoms with Crippen LogP contribution in [0.1, 0.15) is 66.0 Å². The van der Waals surface area contributed by atoms with E-state index >= 15 is 0 Å². The first kappa shape index (κ1) is 18.0. The van der Waals surface area contributed by atoms with Gasteiger partial charge in [0.2, 0.25) is 5.24 Å². The Morgan fingerprint density at radius 1 is 1.10 bits per heavy atom. The Bertz CT molecular complexity index is 535. The van der Waals surface area contributed by atoms with E-state index in [1.54, 1.807) is 12.1 Å². The summed E-state index contributed by atoms with van der Waals surface area (Å²) < 4.78 is 0. The SMILES string of the molecule is CC(C)(C)CC(C)(C(=O)Cl)c1ccc(O)c(C(C)(C)C)c1. The third-order valence-corrected chi connectivity index (χ3v) is 4.18. The summed E-state index contributed by atoms with van der Waals surface area (Å²) in [7, 11) is 0. The Labute approximate surface area is 133 Å². The minimum absolute atomic E-state index is 0.0287. The van der Waals surface area contributed by atoms with Crippen LogP contribution in [0.4, 0.5) is 0 Å². The van der Waals surface area contributed by atoms with Crippen LogP contribution >= 0.6 is 11.6 Å². The van der Waals surface area contributed by atoms with Gasteiger partial charge >= 0.3 is 0 Å². The molecule has 0 saturated carbocycles. The van der Waals surface area contributed by atoms with Crippen molar-refractivity contribution in [1.29, 1.82) is 0 Å². The highest BCUT2D eigenvalue weighted by Gasteiger charge is 2.38. The molecule has 0 bridgehead atoms. The first-order chi connectivity index (χ1) is 9.27. The fraction of sp³-hybridized carbons (Fsp3) is 0.611. The van der Waals surface area contributed by atoms with Crippen LogP contribution in [0, 0.1) is 5.41 Å². The van der Waals surface area contributed by atoms with E-state index in [4.69, 9.17) is 11.6 Å². The van der Waals surface area contributed by atoms with Gasteiger partial charge in [0.25, 0.3) is 0 Å². The smallest absolute Gasteiger partial charge is 0.231 e. The number of phenols is 1. The molecule has 1 atom stereocenters. The zero-order valence-corrected chi connectivity index (χ0v) is 14.9. The van der Waals surface area contributed by atoms with Gasteiger partial charge in [0.15, 0.2) is 0 Å². The predicted octanol–water partition coefficient (Wildman–Crippen LogP) is 5.15. The van der Waals surface area contributed by atoms with Gasteiger partial charge in [-0.05, 0) is 53.0 Å². The molecule has 2 nitrogen and oxygen atoms in total. The zero-order chi connectivity index (χ0) is 16.6. The van der Waals surface area contributed by atoms with Crippen molar-refractivity contribution in [3.05, 3.63) is 29.3 Å². The van der Waals surface area contributed by atoms with Gasteiger partial charge in [0.05, 0.1) is 5.41 Å². The summed E-state index contributed by atoms with van der Waals surface area (Å²) in [6.07, 6.45) is 0.649. The fourth-order valence-corrected chi connectivity index (χ4v) is 3.00. The monoisotopic (exact) mass is 310 g/mol. The second kappa shape index (κ2) is 5.64. The van der Waals surface area contributed by atoms with Crippen LogP contribution in [0.3, 0.4) is 0 Å². The topological polar surface area (TPSA) is 37.3 Å². The molecule has 0 amide bonds. The lowest BCUT2D eigenvalue weighted by Gasteiger charge is -2.34. The van der Waals surface area contributed by atoms with E-state index in [2.05, 4.69) is 20.8 Å². The van der Waals surface area contributed by atoms with Crippen molar-refractivity contribution in [2.45, 2.75) is 65.7 Å². The van der Waals surface area contributed by atoms with Crippen molar-refractivity contribution in [2.75, 3.05) is 0 Å². The molecule has 3 heteroatoms. The van der Waals surface area contributed by atoms with E-state index in [0.29, 0.717) is 6.42 Å². The van der Waals surface area contributed by atoms with Gasteiger partial charge < -0.3 is 5.11 Å². The van der Waals surface area contributed by atoms with Gasteiger partial charge in [-0.15, -0.1) is 0 Å². The maximum atomic E-state index is 12.1. The standard InChI is InChI=1S/C18H27ClO2/c1-16(2,3)11-18(7,15(19)21)12-8-9-14(20)13(10-12)17(4,5)6/h8-10,20H,11H2,1-7H3. The van der Waals surface area contributed by atoms with Crippen LogP contribution < -0.4 is 0 Å².